The van der Waals surface area contributed by atoms with Gasteiger partial charge in [0, 0.05) is 32.8 Å². The van der Waals surface area contributed by atoms with Crippen LogP contribution in [0, 0.1) is 11.6 Å². The average molecular weight is 344 g/mol. The number of hydrogen-bond acceptors (Lipinski definition) is 2. The second-order valence-corrected chi connectivity index (χ2v) is 5.93. The van der Waals surface area contributed by atoms with Crippen molar-refractivity contribution in [3.05, 3.63) is 64.1 Å². The number of nitrogens with two attached hydrogens (primary N) is 1. The van der Waals surface area contributed by atoms with Gasteiger partial charge in [0.15, 0.2) is 0 Å². The normalized spacial score (nSPS) is 12.4. The van der Waals surface area contributed by atoms with Gasteiger partial charge in [-0.15, -0.1) is 11.8 Å². The summed E-state index contributed by atoms with van der Waals surface area (Å²) in [4.78, 5) is 1.04. The molecule has 0 radical (unpaired) electrons. The number of halogens is 3. The Morgan fingerprint density at radius 3 is 2.58 bits per heavy atom. The van der Waals surface area contributed by atoms with Gasteiger partial charge in [0.2, 0.25) is 0 Å². The lowest BCUT2D eigenvalue weighted by Crippen LogP contribution is -2.14. The van der Waals surface area contributed by atoms with Gasteiger partial charge in [-0.05, 0) is 34.1 Å². The van der Waals surface area contributed by atoms with Crippen LogP contribution in [0.3, 0.4) is 0 Å². The average Bonchev–Trinajstić information content (AvgIpc) is 2.37. The molecule has 0 amide bonds. The summed E-state index contributed by atoms with van der Waals surface area (Å²) in [6, 6.07) is 10.8. The van der Waals surface area contributed by atoms with Gasteiger partial charge in [-0.2, -0.15) is 0 Å². The Kier molecular flexibility index (Phi) is 4.96. The summed E-state index contributed by atoms with van der Waals surface area (Å²) in [7, 11) is 0. The Labute approximate surface area is 123 Å². The van der Waals surface area contributed by atoms with Gasteiger partial charge < -0.3 is 5.73 Å². The van der Waals surface area contributed by atoms with E-state index in [1.807, 2.05) is 24.3 Å². The van der Waals surface area contributed by atoms with Crippen molar-refractivity contribution >= 4 is 27.7 Å². The number of benzene rings is 2. The molecule has 1 nitrogen and oxygen atoms in total. The molecular weight excluding hydrogens is 332 g/mol. The Balaban J connectivity index is 2.05. The summed E-state index contributed by atoms with van der Waals surface area (Å²) < 4.78 is 27.4. The van der Waals surface area contributed by atoms with Crippen molar-refractivity contribution < 1.29 is 8.78 Å². The molecule has 0 aliphatic rings. The zero-order chi connectivity index (χ0) is 13.8. The molecule has 0 aliphatic heterocycles. The molecule has 1 unspecified atom stereocenters. The molecule has 2 aromatic rings. The van der Waals surface area contributed by atoms with Crippen LogP contribution in [0.15, 0.2) is 51.8 Å². The first-order valence-electron chi connectivity index (χ1n) is 5.66. The van der Waals surface area contributed by atoms with Crippen LogP contribution in [0.2, 0.25) is 0 Å². The van der Waals surface area contributed by atoms with Gasteiger partial charge in [0.1, 0.15) is 11.6 Å². The molecule has 0 saturated heterocycles. The predicted molar refractivity (Wildman–Crippen MR) is 78.2 cm³/mol. The van der Waals surface area contributed by atoms with Crippen molar-refractivity contribution in [2.75, 3.05) is 5.75 Å². The third kappa shape index (κ3) is 3.78. The van der Waals surface area contributed by atoms with Crippen molar-refractivity contribution in [3.63, 3.8) is 0 Å². The Morgan fingerprint density at radius 2 is 1.89 bits per heavy atom. The van der Waals surface area contributed by atoms with E-state index in [0.717, 1.165) is 15.4 Å². The predicted octanol–water partition coefficient (Wildman–Crippen LogP) is 4.52. The molecule has 0 saturated carbocycles. The third-order valence-corrected chi connectivity index (χ3v) is 4.76. The van der Waals surface area contributed by atoms with Crippen LogP contribution in [-0.4, -0.2) is 5.75 Å². The molecule has 0 bridgehead atoms. The number of thioether (sulfide) groups is 1. The van der Waals surface area contributed by atoms with Crippen molar-refractivity contribution in [1.29, 1.82) is 0 Å². The first kappa shape index (κ1) is 14.5. The zero-order valence-corrected chi connectivity index (χ0v) is 12.3. The molecule has 0 spiro atoms. The number of rotatable bonds is 4. The highest BCUT2D eigenvalue weighted by Gasteiger charge is 2.13. The maximum Gasteiger partial charge on any atom is 0.130 e. The van der Waals surface area contributed by atoms with Crippen molar-refractivity contribution in [2.24, 2.45) is 5.73 Å². The van der Waals surface area contributed by atoms with Crippen molar-refractivity contribution in [1.82, 2.24) is 0 Å². The van der Waals surface area contributed by atoms with Crippen molar-refractivity contribution in [2.45, 2.75) is 10.9 Å². The van der Waals surface area contributed by atoms with E-state index in [-0.39, 0.29) is 0 Å². The van der Waals surface area contributed by atoms with Gasteiger partial charge in [0.25, 0.3) is 0 Å². The minimum atomic E-state index is -0.597. The molecule has 0 aliphatic carbocycles. The summed E-state index contributed by atoms with van der Waals surface area (Å²) in [6.07, 6.45) is 0. The maximum absolute atomic E-state index is 13.6. The molecule has 1 atom stereocenters. The Bertz CT molecular complexity index is 577. The molecule has 100 valence electrons. The summed E-state index contributed by atoms with van der Waals surface area (Å²) >= 11 is 4.97. The molecule has 0 aromatic heterocycles. The van der Waals surface area contributed by atoms with Crippen LogP contribution in [0.1, 0.15) is 11.6 Å². The topological polar surface area (TPSA) is 26.0 Å². The second-order valence-electron chi connectivity index (χ2n) is 4.01. The molecular formula is C14H12BrF2NS. The minimum absolute atomic E-state index is 0.334. The fourth-order valence-corrected chi connectivity index (χ4v) is 3.18. The summed E-state index contributed by atoms with van der Waals surface area (Å²) in [5, 5.41) is 0. The van der Waals surface area contributed by atoms with Gasteiger partial charge in [-0.25, -0.2) is 8.78 Å². The molecule has 2 aromatic carbocycles. The quantitative estimate of drug-likeness (QED) is 0.826. The Morgan fingerprint density at radius 1 is 1.16 bits per heavy atom. The van der Waals surface area contributed by atoms with E-state index >= 15 is 0 Å². The summed E-state index contributed by atoms with van der Waals surface area (Å²) in [5.41, 5.74) is 6.28. The summed E-state index contributed by atoms with van der Waals surface area (Å²) in [5.74, 6) is -0.669. The second kappa shape index (κ2) is 6.50. The van der Waals surface area contributed by atoms with Crippen molar-refractivity contribution in [3.8, 4) is 0 Å². The van der Waals surface area contributed by atoms with Crippen LogP contribution >= 0.6 is 27.7 Å². The number of hydrogen-bond donors (Lipinski definition) is 1. The minimum Gasteiger partial charge on any atom is -0.323 e. The van der Waals surface area contributed by atoms with E-state index in [9.17, 15) is 8.78 Å². The largest absolute Gasteiger partial charge is 0.323 e. The highest BCUT2D eigenvalue weighted by atomic mass is 79.9. The highest BCUT2D eigenvalue weighted by Crippen LogP contribution is 2.30. The van der Waals surface area contributed by atoms with Gasteiger partial charge >= 0.3 is 0 Å². The summed E-state index contributed by atoms with van der Waals surface area (Å²) in [6.45, 7) is 0. The van der Waals surface area contributed by atoms with Crippen LogP contribution in [0.5, 0.6) is 0 Å². The molecule has 2 rings (SSSR count). The Hall–Kier alpha value is -0.910. The van der Waals surface area contributed by atoms with E-state index in [4.69, 9.17) is 5.73 Å². The lowest BCUT2D eigenvalue weighted by molar-refractivity contribution is 0.563. The van der Waals surface area contributed by atoms with Crippen LogP contribution in [0.4, 0.5) is 8.78 Å². The smallest absolute Gasteiger partial charge is 0.130 e. The first-order valence-corrected chi connectivity index (χ1v) is 7.43. The van der Waals surface area contributed by atoms with Gasteiger partial charge in [0.05, 0.1) is 0 Å². The fourth-order valence-electron chi connectivity index (χ4n) is 1.63. The molecule has 0 fully saturated rings. The molecule has 0 heterocycles. The molecule has 5 heteroatoms. The lowest BCUT2D eigenvalue weighted by atomic mass is 10.1. The fraction of sp³-hybridized carbons (Fsp3) is 0.143. The van der Waals surface area contributed by atoms with E-state index in [1.54, 1.807) is 0 Å². The highest BCUT2D eigenvalue weighted by molar-refractivity contribution is 9.10. The van der Waals surface area contributed by atoms with Gasteiger partial charge in [-0.1, -0.05) is 18.2 Å². The van der Waals surface area contributed by atoms with Crippen LogP contribution in [-0.2, 0) is 0 Å². The van der Waals surface area contributed by atoms with E-state index in [0.29, 0.717) is 11.3 Å². The monoisotopic (exact) mass is 343 g/mol. The first-order chi connectivity index (χ1) is 9.08. The van der Waals surface area contributed by atoms with Crippen LogP contribution < -0.4 is 5.73 Å². The van der Waals surface area contributed by atoms with Crippen LogP contribution in [0.25, 0.3) is 0 Å². The zero-order valence-electron chi connectivity index (χ0n) is 9.95. The van der Waals surface area contributed by atoms with E-state index in [1.165, 1.54) is 23.9 Å². The SMILES string of the molecule is NC(CSc1ccccc1Br)c1ccc(F)cc1F. The standard InChI is InChI=1S/C14H12BrF2NS/c15-11-3-1-2-4-14(11)19-8-13(18)10-6-5-9(16)7-12(10)17/h1-7,13H,8,18H2. The molecule has 2 N–H and O–H groups in total. The maximum atomic E-state index is 13.6. The van der Waals surface area contributed by atoms with Gasteiger partial charge in [-0.3, -0.25) is 0 Å². The van der Waals surface area contributed by atoms with E-state index in [2.05, 4.69) is 15.9 Å². The lowest BCUT2D eigenvalue weighted by Gasteiger charge is -2.13. The van der Waals surface area contributed by atoms with E-state index < -0.39 is 17.7 Å². The third-order valence-electron chi connectivity index (χ3n) is 2.62. The molecule has 19 heavy (non-hydrogen) atoms.